The second-order valence-electron chi connectivity index (χ2n) is 4.83. The van der Waals surface area contributed by atoms with E-state index >= 15 is 0 Å². The summed E-state index contributed by atoms with van der Waals surface area (Å²) in [5, 5.41) is 3.59. The average Bonchev–Trinajstić information content (AvgIpc) is 2.76. The highest BCUT2D eigenvalue weighted by molar-refractivity contribution is 7.12. The number of thiophene rings is 1. The van der Waals surface area contributed by atoms with Crippen LogP contribution in [0, 0.1) is 13.8 Å². The highest BCUT2D eigenvalue weighted by Gasteiger charge is 2.20. The molecule has 1 N–H and O–H groups in total. The van der Waals surface area contributed by atoms with Gasteiger partial charge in [0.25, 0.3) is 0 Å². The summed E-state index contributed by atoms with van der Waals surface area (Å²) >= 11 is 1.86. The number of hydrogen-bond acceptors (Lipinski definition) is 3. The normalized spacial score (nSPS) is 12.4. The Labute approximate surface area is 125 Å². The van der Waals surface area contributed by atoms with Crippen LogP contribution in [0.4, 0.5) is 0 Å². The zero-order valence-electron chi connectivity index (χ0n) is 12.7. The van der Waals surface area contributed by atoms with Crippen LogP contribution < -0.4 is 10.1 Å². The molecule has 0 radical (unpaired) electrons. The zero-order chi connectivity index (χ0) is 14.5. The van der Waals surface area contributed by atoms with Crippen LogP contribution in [0.25, 0.3) is 0 Å². The van der Waals surface area contributed by atoms with Crippen molar-refractivity contribution < 1.29 is 4.74 Å². The molecule has 0 saturated carbocycles. The number of hydrogen-bond donors (Lipinski definition) is 1. The predicted molar refractivity (Wildman–Crippen MR) is 86.9 cm³/mol. The van der Waals surface area contributed by atoms with Crippen LogP contribution in [-0.4, -0.2) is 13.2 Å². The van der Waals surface area contributed by atoms with Crippen molar-refractivity contribution >= 4 is 11.3 Å². The lowest BCUT2D eigenvalue weighted by molar-refractivity contribution is 0.333. The van der Waals surface area contributed by atoms with Crippen LogP contribution in [0.3, 0.4) is 0 Å². The molecule has 3 heteroatoms. The van der Waals surface area contributed by atoms with Crippen LogP contribution in [0.15, 0.2) is 30.3 Å². The molecular formula is C17H23NOS. The molecule has 0 bridgehead atoms. The minimum Gasteiger partial charge on any atom is -0.494 e. The van der Waals surface area contributed by atoms with Gasteiger partial charge in [-0.15, -0.1) is 11.3 Å². The molecule has 0 spiro atoms. The van der Waals surface area contributed by atoms with Crippen molar-refractivity contribution in [3.8, 4) is 5.75 Å². The summed E-state index contributed by atoms with van der Waals surface area (Å²) in [5.41, 5.74) is 2.58. The average molecular weight is 289 g/mol. The highest BCUT2D eigenvalue weighted by Crippen LogP contribution is 2.34. The third kappa shape index (κ3) is 3.22. The number of aryl methyl sites for hydroxylation is 2. The molecule has 1 heterocycles. The molecule has 0 aliphatic carbocycles. The van der Waals surface area contributed by atoms with E-state index < -0.39 is 0 Å². The Kier molecular flexibility index (Phi) is 5.21. The molecule has 2 rings (SSSR count). The standard InChI is InChI=1S/C17H23NOS/c1-5-18-17(15-11-12(3)20-13(15)4)14-9-7-8-10-16(14)19-6-2/h7-11,17-18H,5-6H2,1-4H3. The van der Waals surface area contributed by atoms with Gasteiger partial charge in [0.05, 0.1) is 12.6 Å². The molecule has 1 atom stereocenters. The Hall–Kier alpha value is -1.32. The van der Waals surface area contributed by atoms with E-state index in [4.69, 9.17) is 4.74 Å². The van der Waals surface area contributed by atoms with Crippen molar-refractivity contribution in [2.75, 3.05) is 13.2 Å². The van der Waals surface area contributed by atoms with Gasteiger partial charge in [-0.2, -0.15) is 0 Å². The van der Waals surface area contributed by atoms with E-state index in [1.807, 2.05) is 24.3 Å². The molecule has 1 aromatic carbocycles. The number of benzene rings is 1. The predicted octanol–water partition coefficient (Wildman–Crippen LogP) is 4.46. The molecule has 0 aliphatic heterocycles. The van der Waals surface area contributed by atoms with Crippen molar-refractivity contribution in [1.29, 1.82) is 0 Å². The molecule has 108 valence electrons. The summed E-state index contributed by atoms with van der Waals surface area (Å²) in [6.45, 7) is 10.2. The van der Waals surface area contributed by atoms with Gasteiger partial charge in [-0.25, -0.2) is 0 Å². The van der Waals surface area contributed by atoms with Gasteiger partial charge in [0, 0.05) is 15.3 Å². The minimum absolute atomic E-state index is 0.202. The van der Waals surface area contributed by atoms with Gasteiger partial charge >= 0.3 is 0 Å². The number of ether oxygens (including phenoxy) is 1. The molecule has 2 aromatic rings. The first-order valence-corrected chi connectivity index (χ1v) is 8.01. The summed E-state index contributed by atoms with van der Waals surface area (Å²) in [6.07, 6.45) is 0. The molecule has 0 saturated heterocycles. The summed E-state index contributed by atoms with van der Waals surface area (Å²) in [6, 6.07) is 10.8. The second-order valence-corrected chi connectivity index (χ2v) is 6.29. The quantitative estimate of drug-likeness (QED) is 0.847. The molecule has 20 heavy (non-hydrogen) atoms. The molecule has 2 nitrogen and oxygen atoms in total. The van der Waals surface area contributed by atoms with Gasteiger partial charge in [0.2, 0.25) is 0 Å². The van der Waals surface area contributed by atoms with Gasteiger partial charge < -0.3 is 10.1 Å². The van der Waals surface area contributed by atoms with Crippen LogP contribution >= 0.6 is 11.3 Å². The monoisotopic (exact) mass is 289 g/mol. The number of rotatable bonds is 6. The zero-order valence-corrected chi connectivity index (χ0v) is 13.5. The van der Waals surface area contributed by atoms with Gasteiger partial charge in [-0.05, 0) is 45.0 Å². The lowest BCUT2D eigenvalue weighted by Crippen LogP contribution is -2.22. The van der Waals surface area contributed by atoms with E-state index in [2.05, 4.69) is 50.4 Å². The SMILES string of the molecule is CCNC(c1ccccc1OCC)c1cc(C)sc1C. The number of para-hydroxylation sites is 1. The lowest BCUT2D eigenvalue weighted by Gasteiger charge is -2.21. The summed E-state index contributed by atoms with van der Waals surface area (Å²) in [5.74, 6) is 0.976. The fourth-order valence-electron chi connectivity index (χ4n) is 2.53. The smallest absolute Gasteiger partial charge is 0.124 e. The van der Waals surface area contributed by atoms with Crippen LogP contribution in [-0.2, 0) is 0 Å². The van der Waals surface area contributed by atoms with Crippen LogP contribution in [0.1, 0.15) is 40.8 Å². The van der Waals surface area contributed by atoms with E-state index in [0.29, 0.717) is 6.61 Å². The molecule has 0 fully saturated rings. The Morgan fingerprint density at radius 3 is 2.50 bits per heavy atom. The highest BCUT2D eigenvalue weighted by atomic mass is 32.1. The topological polar surface area (TPSA) is 21.3 Å². The van der Waals surface area contributed by atoms with Crippen molar-refractivity contribution in [2.45, 2.75) is 33.7 Å². The fourth-order valence-corrected chi connectivity index (χ4v) is 3.50. The Morgan fingerprint density at radius 2 is 1.90 bits per heavy atom. The molecule has 0 amide bonds. The summed E-state index contributed by atoms with van der Waals surface area (Å²) < 4.78 is 5.80. The molecule has 1 unspecified atom stereocenters. The first-order valence-electron chi connectivity index (χ1n) is 7.19. The lowest BCUT2D eigenvalue weighted by atomic mass is 9.98. The fraction of sp³-hybridized carbons (Fsp3) is 0.412. The van der Waals surface area contributed by atoms with Crippen molar-refractivity contribution in [3.05, 3.63) is 51.2 Å². The van der Waals surface area contributed by atoms with Gasteiger partial charge in [0.1, 0.15) is 5.75 Å². The third-order valence-electron chi connectivity index (χ3n) is 3.33. The van der Waals surface area contributed by atoms with E-state index in [1.165, 1.54) is 20.9 Å². The van der Waals surface area contributed by atoms with E-state index in [9.17, 15) is 0 Å². The Bertz CT molecular complexity index is 562. The minimum atomic E-state index is 0.202. The summed E-state index contributed by atoms with van der Waals surface area (Å²) in [7, 11) is 0. The van der Waals surface area contributed by atoms with E-state index in [1.54, 1.807) is 0 Å². The Morgan fingerprint density at radius 1 is 1.15 bits per heavy atom. The van der Waals surface area contributed by atoms with E-state index in [0.717, 1.165) is 12.3 Å². The second kappa shape index (κ2) is 6.91. The maximum atomic E-state index is 5.80. The van der Waals surface area contributed by atoms with Crippen LogP contribution in [0.5, 0.6) is 5.75 Å². The maximum absolute atomic E-state index is 5.80. The molecule has 1 aromatic heterocycles. The first kappa shape index (κ1) is 15.1. The van der Waals surface area contributed by atoms with Crippen molar-refractivity contribution in [2.24, 2.45) is 0 Å². The van der Waals surface area contributed by atoms with Crippen LogP contribution in [0.2, 0.25) is 0 Å². The van der Waals surface area contributed by atoms with Gasteiger partial charge in [-0.3, -0.25) is 0 Å². The molecular weight excluding hydrogens is 266 g/mol. The Balaban J connectivity index is 2.45. The largest absolute Gasteiger partial charge is 0.494 e. The number of nitrogens with one attached hydrogen (secondary N) is 1. The first-order chi connectivity index (χ1) is 9.67. The van der Waals surface area contributed by atoms with Crippen molar-refractivity contribution in [1.82, 2.24) is 5.32 Å². The third-order valence-corrected chi connectivity index (χ3v) is 4.31. The molecule has 0 aliphatic rings. The summed E-state index contributed by atoms with van der Waals surface area (Å²) in [4.78, 5) is 2.73. The van der Waals surface area contributed by atoms with E-state index in [-0.39, 0.29) is 6.04 Å². The van der Waals surface area contributed by atoms with Crippen molar-refractivity contribution in [3.63, 3.8) is 0 Å². The van der Waals surface area contributed by atoms with Gasteiger partial charge in [0.15, 0.2) is 0 Å². The maximum Gasteiger partial charge on any atom is 0.124 e. The van der Waals surface area contributed by atoms with Gasteiger partial charge in [-0.1, -0.05) is 25.1 Å².